The van der Waals surface area contributed by atoms with Gasteiger partial charge in [-0.05, 0) is 34.8 Å². The number of carbonyl (C=O) groups is 1. The Kier molecular flexibility index (Phi) is 3.36. The van der Waals surface area contributed by atoms with E-state index in [1.807, 2.05) is 11.4 Å². The fourth-order valence-corrected chi connectivity index (χ4v) is 2.77. The second-order valence-electron chi connectivity index (χ2n) is 3.42. The number of Topliss-reactive ketones (excluding diaryl/α,β-unsaturated/α-hetero) is 1. The maximum atomic E-state index is 11.9. The summed E-state index contributed by atoms with van der Waals surface area (Å²) in [4.78, 5) is 11.9. The van der Waals surface area contributed by atoms with Crippen molar-refractivity contribution in [1.29, 1.82) is 0 Å². The van der Waals surface area contributed by atoms with Gasteiger partial charge in [-0.15, -0.1) is 11.3 Å². The minimum Gasteiger partial charge on any atom is -0.381 e. The lowest BCUT2D eigenvalue weighted by molar-refractivity contribution is 0.0461. The second kappa shape index (κ2) is 4.55. The number of carbonyl (C=O) groups excluding carboxylic acids is 1. The molecule has 0 aliphatic carbocycles. The van der Waals surface area contributed by atoms with Gasteiger partial charge in [0.1, 0.15) is 0 Å². The van der Waals surface area contributed by atoms with Gasteiger partial charge in [-0.2, -0.15) is 0 Å². The number of ether oxygens (including phenoxy) is 1. The zero-order valence-electron chi connectivity index (χ0n) is 7.66. The van der Waals surface area contributed by atoms with Gasteiger partial charge in [0.05, 0.1) is 10.4 Å². The molecule has 76 valence electrons. The first-order chi connectivity index (χ1) is 6.77. The molecule has 1 unspecified atom stereocenters. The molecular weight excluding hydrogens is 264 g/mol. The zero-order valence-corrected chi connectivity index (χ0v) is 10.1. The first-order valence-corrected chi connectivity index (χ1v) is 6.30. The highest BCUT2D eigenvalue weighted by Gasteiger charge is 2.23. The van der Waals surface area contributed by atoms with Crippen molar-refractivity contribution in [3.63, 3.8) is 0 Å². The predicted molar refractivity (Wildman–Crippen MR) is 59.9 cm³/mol. The van der Waals surface area contributed by atoms with Gasteiger partial charge >= 0.3 is 0 Å². The summed E-state index contributed by atoms with van der Waals surface area (Å²) < 4.78 is 6.31. The van der Waals surface area contributed by atoms with Gasteiger partial charge in [0.25, 0.3) is 0 Å². The summed E-state index contributed by atoms with van der Waals surface area (Å²) in [7, 11) is 0. The molecule has 4 heteroatoms. The van der Waals surface area contributed by atoms with Crippen molar-refractivity contribution in [1.82, 2.24) is 0 Å². The molecule has 1 aliphatic heterocycles. The van der Waals surface area contributed by atoms with E-state index in [9.17, 15) is 4.79 Å². The van der Waals surface area contributed by atoms with Gasteiger partial charge in [-0.1, -0.05) is 0 Å². The van der Waals surface area contributed by atoms with E-state index >= 15 is 0 Å². The third-order valence-corrected chi connectivity index (χ3v) is 3.89. The minimum atomic E-state index is 0.0743. The SMILES string of the molecule is O=C(c1csc(Br)c1)C1CCCOC1. The summed E-state index contributed by atoms with van der Waals surface area (Å²) in [6.45, 7) is 1.39. The lowest BCUT2D eigenvalue weighted by Gasteiger charge is -2.20. The lowest BCUT2D eigenvalue weighted by Crippen LogP contribution is -2.24. The van der Waals surface area contributed by atoms with Crippen molar-refractivity contribution in [2.75, 3.05) is 13.2 Å². The van der Waals surface area contributed by atoms with E-state index in [0.717, 1.165) is 28.8 Å². The Labute approximate surface area is 95.4 Å². The van der Waals surface area contributed by atoms with Crippen LogP contribution in [0.25, 0.3) is 0 Å². The molecule has 0 spiro atoms. The van der Waals surface area contributed by atoms with Crippen molar-refractivity contribution in [2.45, 2.75) is 12.8 Å². The van der Waals surface area contributed by atoms with Crippen LogP contribution in [0.5, 0.6) is 0 Å². The summed E-state index contributed by atoms with van der Waals surface area (Å²) in [5.41, 5.74) is 0.817. The van der Waals surface area contributed by atoms with Crippen LogP contribution in [0.15, 0.2) is 15.2 Å². The standard InChI is InChI=1S/C10H11BrO2S/c11-9-4-8(6-14-9)10(12)7-2-1-3-13-5-7/h4,6-7H,1-3,5H2. The van der Waals surface area contributed by atoms with Crippen LogP contribution in [0.1, 0.15) is 23.2 Å². The van der Waals surface area contributed by atoms with E-state index in [4.69, 9.17) is 4.74 Å². The average Bonchev–Trinajstić information content (AvgIpc) is 2.65. The smallest absolute Gasteiger partial charge is 0.169 e. The largest absolute Gasteiger partial charge is 0.381 e. The molecule has 0 bridgehead atoms. The van der Waals surface area contributed by atoms with Gasteiger partial charge in [0, 0.05) is 23.5 Å². The number of halogens is 1. The molecule has 1 saturated heterocycles. The van der Waals surface area contributed by atoms with Crippen LogP contribution < -0.4 is 0 Å². The molecule has 1 aliphatic rings. The Morgan fingerprint density at radius 1 is 1.64 bits per heavy atom. The molecule has 0 amide bonds. The minimum absolute atomic E-state index is 0.0743. The number of hydrogen-bond acceptors (Lipinski definition) is 3. The number of hydrogen-bond donors (Lipinski definition) is 0. The first-order valence-electron chi connectivity index (χ1n) is 4.63. The normalized spacial score (nSPS) is 22.2. The summed E-state index contributed by atoms with van der Waals surface area (Å²) in [6.07, 6.45) is 1.97. The van der Waals surface area contributed by atoms with E-state index in [0.29, 0.717) is 6.61 Å². The van der Waals surface area contributed by atoms with E-state index in [2.05, 4.69) is 15.9 Å². The van der Waals surface area contributed by atoms with Gasteiger partial charge in [0.15, 0.2) is 5.78 Å². The Morgan fingerprint density at radius 2 is 2.50 bits per heavy atom. The molecule has 2 heterocycles. The molecule has 1 aromatic rings. The Morgan fingerprint density at radius 3 is 3.07 bits per heavy atom. The second-order valence-corrected chi connectivity index (χ2v) is 5.71. The fraction of sp³-hybridized carbons (Fsp3) is 0.500. The van der Waals surface area contributed by atoms with E-state index in [1.165, 1.54) is 0 Å². The molecule has 2 rings (SSSR count). The quantitative estimate of drug-likeness (QED) is 0.775. The van der Waals surface area contributed by atoms with Crippen LogP contribution in [-0.4, -0.2) is 19.0 Å². The first kappa shape index (κ1) is 10.3. The summed E-state index contributed by atoms with van der Waals surface area (Å²) in [5.74, 6) is 0.303. The molecule has 0 saturated carbocycles. The molecule has 1 aromatic heterocycles. The molecule has 0 aromatic carbocycles. The van der Waals surface area contributed by atoms with Gasteiger partial charge in [0.2, 0.25) is 0 Å². The third kappa shape index (κ3) is 2.24. The molecule has 1 atom stereocenters. The van der Waals surface area contributed by atoms with Gasteiger partial charge in [-0.25, -0.2) is 0 Å². The summed E-state index contributed by atoms with van der Waals surface area (Å²) in [5, 5.41) is 1.90. The van der Waals surface area contributed by atoms with E-state index in [1.54, 1.807) is 11.3 Å². The summed E-state index contributed by atoms with van der Waals surface area (Å²) >= 11 is 4.91. The van der Waals surface area contributed by atoms with Crippen LogP contribution in [-0.2, 0) is 4.74 Å². The highest BCUT2D eigenvalue weighted by Crippen LogP contribution is 2.25. The maximum Gasteiger partial charge on any atom is 0.169 e. The monoisotopic (exact) mass is 274 g/mol. The summed E-state index contributed by atoms with van der Waals surface area (Å²) in [6, 6.07) is 1.89. The lowest BCUT2D eigenvalue weighted by atomic mass is 9.94. The van der Waals surface area contributed by atoms with Crippen LogP contribution in [0, 0.1) is 5.92 Å². The van der Waals surface area contributed by atoms with Crippen molar-refractivity contribution in [2.24, 2.45) is 5.92 Å². The number of ketones is 1. The van der Waals surface area contributed by atoms with Crippen molar-refractivity contribution < 1.29 is 9.53 Å². The maximum absolute atomic E-state index is 11.9. The molecular formula is C10H11BrO2S. The zero-order chi connectivity index (χ0) is 9.97. The van der Waals surface area contributed by atoms with Crippen molar-refractivity contribution in [3.8, 4) is 0 Å². The Bertz CT molecular complexity index is 329. The van der Waals surface area contributed by atoms with Crippen molar-refractivity contribution in [3.05, 3.63) is 20.8 Å². The highest BCUT2D eigenvalue weighted by atomic mass is 79.9. The highest BCUT2D eigenvalue weighted by molar-refractivity contribution is 9.11. The van der Waals surface area contributed by atoms with Crippen molar-refractivity contribution >= 4 is 33.0 Å². The Hall–Kier alpha value is -0.190. The number of thiophene rings is 1. The van der Waals surface area contributed by atoms with Crippen LogP contribution in [0.2, 0.25) is 0 Å². The molecule has 0 N–H and O–H groups in total. The number of rotatable bonds is 2. The van der Waals surface area contributed by atoms with E-state index < -0.39 is 0 Å². The van der Waals surface area contributed by atoms with Gasteiger partial charge < -0.3 is 4.74 Å². The van der Waals surface area contributed by atoms with Crippen LogP contribution in [0.4, 0.5) is 0 Å². The van der Waals surface area contributed by atoms with E-state index in [-0.39, 0.29) is 11.7 Å². The molecule has 0 radical (unpaired) electrons. The molecule has 2 nitrogen and oxygen atoms in total. The third-order valence-electron chi connectivity index (χ3n) is 2.38. The Balaban J connectivity index is 2.07. The molecule has 1 fully saturated rings. The van der Waals surface area contributed by atoms with Crippen LogP contribution in [0.3, 0.4) is 0 Å². The predicted octanol–water partition coefficient (Wildman–Crippen LogP) is 3.12. The van der Waals surface area contributed by atoms with Gasteiger partial charge in [-0.3, -0.25) is 4.79 Å². The topological polar surface area (TPSA) is 26.3 Å². The fourth-order valence-electron chi connectivity index (χ4n) is 1.62. The molecule has 14 heavy (non-hydrogen) atoms. The average molecular weight is 275 g/mol. The van der Waals surface area contributed by atoms with Crippen LogP contribution >= 0.6 is 27.3 Å².